The normalized spacial score (nSPS) is 13.6. The van der Waals surface area contributed by atoms with Crippen LogP contribution in [0.4, 0.5) is 13.2 Å². The van der Waals surface area contributed by atoms with Gasteiger partial charge in [0.2, 0.25) is 0 Å². The first-order chi connectivity index (χ1) is 13.9. The summed E-state index contributed by atoms with van der Waals surface area (Å²) in [5.41, 5.74) is -1.24. The Balaban J connectivity index is 2.42. The smallest absolute Gasteiger partial charge is 0.314 e. The van der Waals surface area contributed by atoms with Gasteiger partial charge in [-0.25, -0.2) is 13.2 Å². The minimum atomic E-state index is -1.48. The molecule has 1 aromatic heterocycles. The summed E-state index contributed by atoms with van der Waals surface area (Å²) in [4.78, 5) is 25.4. The average Bonchev–Trinajstić information content (AvgIpc) is 2.94. The third kappa shape index (κ3) is 3.03. The Morgan fingerprint density at radius 1 is 1.03 bits per heavy atom. The van der Waals surface area contributed by atoms with Gasteiger partial charge in [-0.05, 0) is 49.6 Å². The SMILES string of the molecule is Cc1c([C@](C)(C(=O)O)C(C)C)c2cc(O)c(F)cc2n1C(=O)c1ccc(F)c(F)c1. The van der Waals surface area contributed by atoms with Crippen molar-refractivity contribution in [3.8, 4) is 5.75 Å². The Kier molecular flexibility index (Phi) is 5.14. The number of aliphatic carboxylic acids is 1. The fourth-order valence-corrected chi connectivity index (χ4v) is 3.74. The summed E-state index contributed by atoms with van der Waals surface area (Å²) in [6.45, 7) is 6.36. The number of halogens is 3. The number of carboxylic acids is 1. The molecule has 0 aliphatic heterocycles. The van der Waals surface area contributed by atoms with Gasteiger partial charge >= 0.3 is 5.97 Å². The van der Waals surface area contributed by atoms with E-state index in [-0.39, 0.29) is 27.7 Å². The van der Waals surface area contributed by atoms with E-state index in [9.17, 15) is 33.0 Å². The molecule has 158 valence electrons. The summed E-state index contributed by atoms with van der Waals surface area (Å²) in [6, 6.07) is 4.60. The monoisotopic (exact) mass is 419 g/mol. The number of hydrogen-bond donors (Lipinski definition) is 2. The summed E-state index contributed by atoms with van der Waals surface area (Å²) in [5.74, 6) is -6.44. The van der Waals surface area contributed by atoms with Gasteiger partial charge in [-0.3, -0.25) is 14.2 Å². The number of aromatic nitrogens is 1. The average molecular weight is 419 g/mol. The molecule has 1 heterocycles. The Bertz CT molecular complexity index is 1200. The van der Waals surface area contributed by atoms with Crippen LogP contribution < -0.4 is 0 Å². The Morgan fingerprint density at radius 2 is 1.67 bits per heavy atom. The Labute approximate surface area is 170 Å². The highest BCUT2D eigenvalue weighted by atomic mass is 19.2. The lowest BCUT2D eigenvalue weighted by Gasteiger charge is -2.30. The fourth-order valence-electron chi connectivity index (χ4n) is 3.74. The standard InChI is InChI=1S/C22H20F3NO4/c1-10(2)22(4,21(29)30)19-11(3)26(17-9-16(25)18(27)8-13(17)19)20(28)12-5-6-14(23)15(24)7-12/h5-10,27H,1-4H3,(H,29,30)/t22-/m1/s1. The maximum atomic E-state index is 14.2. The van der Waals surface area contributed by atoms with E-state index >= 15 is 0 Å². The predicted molar refractivity (Wildman–Crippen MR) is 104 cm³/mol. The molecule has 0 saturated heterocycles. The maximum absolute atomic E-state index is 14.2. The van der Waals surface area contributed by atoms with Crippen LogP contribution in [-0.2, 0) is 10.2 Å². The van der Waals surface area contributed by atoms with E-state index in [1.807, 2.05) is 0 Å². The molecule has 2 aromatic carbocycles. The summed E-state index contributed by atoms with van der Waals surface area (Å²) in [7, 11) is 0. The van der Waals surface area contributed by atoms with Gasteiger partial charge in [0, 0.05) is 22.7 Å². The first-order valence-electron chi connectivity index (χ1n) is 9.18. The second-order valence-electron chi connectivity index (χ2n) is 7.71. The lowest BCUT2D eigenvalue weighted by molar-refractivity contribution is -0.145. The van der Waals surface area contributed by atoms with Crippen molar-refractivity contribution in [3.63, 3.8) is 0 Å². The number of hydrogen-bond acceptors (Lipinski definition) is 3. The van der Waals surface area contributed by atoms with Gasteiger partial charge in [0.1, 0.15) is 0 Å². The quantitative estimate of drug-likeness (QED) is 0.639. The first kappa shape index (κ1) is 21.4. The van der Waals surface area contributed by atoms with Crippen molar-refractivity contribution in [2.45, 2.75) is 33.1 Å². The molecule has 0 bridgehead atoms. The molecule has 0 unspecified atom stereocenters. The molecule has 2 N–H and O–H groups in total. The van der Waals surface area contributed by atoms with Crippen molar-refractivity contribution in [1.82, 2.24) is 4.57 Å². The van der Waals surface area contributed by atoms with Crippen LogP contribution in [0.25, 0.3) is 10.9 Å². The zero-order chi connectivity index (χ0) is 22.5. The van der Waals surface area contributed by atoms with Gasteiger partial charge in [-0.15, -0.1) is 0 Å². The fraction of sp³-hybridized carbons (Fsp3) is 0.273. The lowest BCUT2D eigenvalue weighted by atomic mass is 9.72. The highest BCUT2D eigenvalue weighted by Crippen LogP contribution is 2.42. The van der Waals surface area contributed by atoms with Gasteiger partial charge in [0.25, 0.3) is 5.91 Å². The van der Waals surface area contributed by atoms with Crippen LogP contribution in [0.1, 0.15) is 42.4 Å². The topological polar surface area (TPSA) is 79.5 Å². The second-order valence-corrected chi connectivity index (χ2v) is 7.71. The largest absolute Gasteiger partial charge is 0.505 e. The molecule has 0 radical (unpaired) electrons. The van der Waals surface area contributed by atoms with Crippen molar-refractivity contribution in [1.29, 1.82) is 0 Å². The van der Waals surface area contributed by atoms with Crippen LogP contribution in [0, 0.1) is 30.3 Å². The molecular formula is C22H20F3NO4. The molecule has 5 nitrogen and oxygen atoms in total. The highest BCUT2D eigenvalue weighted by Gasteiger charge is 2.43. The summed E-state index contributed by atoms with van der Waals surface area (Å²) >= 11 is 0. The minimum absolute atomic E-state index is 0.0145. The van der Waals surface area contributed by atoms with Crippen LogP contribution in [0.3, 0.4) is 0 Å². The van der Waals surface area contributed by atoms with Crippen molar-refractivity contribution < 1.29 is 33.0 Å². The van der Waals surface area contributed by atoms with Crippen LogP contribution in [0.2, 0.25) is 0 Å². The first-order valence-corrected chi connectivity index (χ1v) is 9.18. The molecule has 30 heavy (non-hydrogen) atoms. The van der Waals surface area contributed by atoms with E-state index in [0.717, 1.165) is 34.9 Å². The van der Waals surface area contributed by atoms with E-state index in [2.05, 4.69) is 0 Å². The lowest BCUT2D eigenvalue weighted by Crippen LogP contribution is -2.38. The molecule has 0 aliphatic carbocycles. The zero-order valence-corrected chi connectivity index (χ0v) is 16.8. The number of carbonyl (C=O) groups excluding carboxylic acids is 1. The molecule has 0 fully saturated rings. The molecule has 1 atom stereocenters. The third-order valence-electron chi connectivity index (χ3n) is 5.76. The van der Waals surface area contributed by atoms with Crippen LogP contribution in [0.15, 0.2) is 30.3 Å². The van der Waals surface area contributed by atoms with Crippen molar-refractivity contribution >= 4 is 22.8 Å². The molecule has 0 spiro atoms. The minimum Gasteiger partial charge on any atom is -0.505 e. The van der Waals surface area contributed by atoms with E-state index in [1.54, 1.807) is 13.8 Å². The number of nitrogens with zero attached hydrogens (tertiary/aromatic N) is 1. The number of benzene rings is 2. The zero-order valence-electron chi connectivity index (χ0n) is 16.8. The van der Waals surface area contributed by atoms with Gasteiger partial charge < -0.3 is 10.2 Å². The van der Waals surface area contributed by atoms with Gasteiger partial charge in [-0.1, -0.05) is 13.8 Å². The van der Waals surface area contributed by atoms with E-state index in [1.165, 1.54) is 13.8 Å². The van der Waals surface area contributed by atoms with Crippen molar-refractivity contribution in [3.05, 3.63) is 64.6 Å². The highest BCUT2D eigenvalue weighted by molar-refractivity contribution is 6.06. The number of fused-ring (bicyclic) bond motifs is 1. The Hall–Kier alpha value is -3.29. The number of phenolic OH excluding ortho intramolecular Hbond substituents is 1. The van der Waals surface area contributed by atoms with E-state index in [4.69, 9.17) is 0 Å². The summed E-state index contributed by atoms with van der Waals surface area (Å²) < 4.78 is 42.2. The van der Waals surface area contributed by atoms with Crippen LogP contribution in [-0.4, -0.2) is 26.7 Å². The maximum Gasteiger partial charge on any atom is 0.314 e. The third-order valence-corrected chi connectivity index (χ3v) is 5.76. The number of phenols is 1. The van der Waals surface area contributed by atoms with Gasteiger partial charge in [0.15, 0.2) is 23.2 Å². The molecule has 3 rings (SSSR count). The van der Waals surface area contributed by atoms with Crippen molar-refractivity contribution in [2.24, 2.45) is 5.92 Å². The predicted octanol–water partition coefficient (Wildman–Crippen LogP) is 4.76. The summed E-state index contributed by atoms with van der Waals surface area (Å²) in [6.07, 6.45) is 0. The number of carboxylic acid groups (broad SMARTS) is 1. The van der Waals surface area contributed by atoms with Gasteiger partial charge in [-0.2, -0.15) is 0 Å². The molecule has 0 aliphatic rings. The number of aromatic hydroxyl groups is 1. The van der Waals surface area contributed by atoms with E-state index in [0.29, 0.717) is 0 Å². The molecule has 3 aromatic rings. The van der Waals surface area contributed by atoms with Gasteiger partial charge in [0.05, 0.1) is 10.9 Å². The molecule has 0 saturated carbocycles. The van der Waals surface area contributed by atoms with E-state index < -0.39 is 46.4 Å². The Morgan fingerprint density at radius 3 is 2.20 bits per heavy atom. The number of carbonyl (C=O) groups is 2. The van der Waals surface area contributed by atoms with Crippen LogP contribution >= 0.6 is 0 Å². The number of rotatable bonds is 4. The van der Waals surface area contributed by atoms with Crippen LogP contribution in [0.5, 0.6) is 5.75 Å². The second kappa shape index (κ2) is 7.19. The van der Waals surface area contributed by atoms with Crippen molar-refractivity contribution in [2.75, 3.05) is 0 Å². The molecular weight excluding hydrogens is 399 g/mol. The molecule has 0 amide bonds. The molecule has 8 heteroatoms. The summed E-state index contributed by atoms with van der Waals surface area (Å²) in [5, 5.41) is 20.1.